The molecule has 0 saturated heterocycles. The van der Waals surface area contributed by atoms with Crippen molar-refractivity contribution in [2.75, 3.05) is 0 Å². The minimum Gasteiger partial charge on any atom is -0.770 e. The molecule has 12 heavy (non-hydrogen) atoms. The molecule has 1 aromatic carbocycles. The van der Waals surface area contributed by atoms with E-state index in [0.29, 0.717) is 0 Å². The van der Waals surface area contributed by atoms with E-state index in [-0.39, 0.29) is 10.8 Å². The minimum atomic E-state index is -3.92. The second kappa shape index (κ2) is 3.73. The van der Waals surface area contributed by atoms with Crippen molar-refractivity contribution in [1.82, 2.24) is 0 Å². The van der Waals surface area contributed by atoms with Crippen LogP contribution in [0.3, 0.4) is 0 Å². The predicted octanol–water partition coefficient (Wildman–Crippen LogP) is 1.30. The first kappa shape index (κ1) is 9.96. The van der Waals surface area contributed by atoms with E-state index in [1.54, 1.807) is 18.2 Å². The van der Waals surface area contributed by atoms with Gasteiger partial charge in [-0.1, -0.05) is 23.7 Å². The molecule has 1 aromatic rings. The highest BCUT2D eigenvalue weighted by Gasteiger charge is 2.03. The lowest BCUT2D eigenvalue weighted by molar-refractivity contribution is -0.193. The van der Waals surface area contributed by atoms with Crippen LogP contribution in [0.25, 0.3) is 0 Å². The molecule has 0 saturated carbocycles. The molecule has 0 heterocycles. The van der Waals surface area contributed by atoms with E-state index in [2.05, 4.69) is 16.3 Å². The average Bonchev–Trinajstić information content (AvgIpc) is 1.91. The van der Waals surface area contributed by atoms with E-state index in [1.165, 1.54) is 6.07 Å². The molecule has 1 unspecified atom stereocenters. The fourth-order valence-corrected chi connectivity index (χ4v) is 1.52. The van der Waals surface area contributed by atoms with Crippen LogP contribution < -0.4 is 9.42 Å². The predicted molar refractivity (Wildman–Crippen MR) is 48.6 cm³/mol. The maximum atomic E-state index is 10.6. The number of hydrogen-bond acceptors (Lipinski definition) is 3. The van der Waals surface area contributed by atoms with Gasteiger partial charge in [-0.2, -0.15) is 0 Å². The fraction of sp³-hybridized carbons (Fsp3) is 0. The second-order valence-corrected chi connectivity index (χ2v) is 4.90. The summed E-state index contributed by atoms with van der Waals surface area (Å²) in [4.78, 5) is 19.3. The maximum Gasteiger partial charge on any atom is 0.166 e. The van der Waals surface area contributed by atoms with Crippen LogP contribution in [0, 0.1) is 0 Å². The molecule has 0 spiro atoms. The summed E-state index contributed by atoms with van der Waals surface area (Å²) in [7, 11) is 0. The summed E-state index contributed by atoms with van der Waals surface area (Å²) < 4.78 is 4.53. The average molecular weight is 224 g/mol. The third-order valence-electron chi connectivity index (χ3n) is 1.05. The summed E-state index contributed by atoms with van der Waals surface area (Å²) in [6.07, 6.45) is 0. The smallest absolute Gasteiger partial charge is 0.166 e. The summed E-state index contributed by atoms with van der Waals surface area (Å²) in [5.74, 6) is 0.125. The van der Waals surface area contributed by atoms with Gasteiger partial charge in [0.05, 0.1) is 5.02 Å². The Bertz CT molecular complexity index is 324. The number of benzene rings is 1. The molecule has 0 radical (unpaired) electrons. The van der Waals surface area contributed by atoms with Gasteiger partial charge in [0.1, 0.15) is 5.75 Å². The molecule has 0 fully saturated rings. The van der Waals surface area contributed by atoms with Crippen molar-refractivity contribution >= 4 is 30.1 Å². The quantitative estimate of drug-likeness (QED) is 0.768. The molecule has 1 atom stereocenters. The van der Waals surface area contributed by atoms with Gasteiger partial charge in [-0.25, -0.2) is 0 Å². The van der Waals surface area contributed by atoms with Crippen molar-refractivity contribution in [1.29, 1.82) is 0 Å². The van der Waals surface area contributed by atoms with E-state index in [9.17, 15) is 4.89 Å². The Labute approximate surface area is 79.8 Å². The molecule has 1 rings (SSSR count). The van der Waals surface area contributed by atoms with Gasteiger partial charge in [0.25, 0.3) is 0 Å². The Kier molecular flexibility index (Phi) is 3.09. The lowest BCUT2D eigenvalue weighted by Crippen LogP contribution is -2.05. The first-order chi connectivity index (χ1) is 5.49. The van der Waals surface area contributed by atoms with Gasteiger partial charge in [0, 0.05) is 0 Å². The van der Waals surface area contributed by atoms with E-state index >= 15 is 0 Å². The summed E-state index contributed by atoms with van der Waals surface area (Å²) in [5, 5.41) is 0.261. The first-order valence-electron chi connectivity index (χ1n) is 2.97. The molecule has 0 aromatic heterocycles. The Morgan fingerprint density at radius 2 is 2.08 bits per heavy atom. The van der Waals surface area contributed by atoms with Crippen molar-refractivity contribution in [3.8, 4) is 5.75 Å². The highest BCUT2D eigenvalue weighted by Crippen LogP contribution is 2.37. The van der Waals surface area contributed by atoms with Crippen LogP contribution in [0.2, 0.25) is 5.02 Å². The summed E-state index contributed by atoms with van der Waals surface area (Å²) in [6.45, 7) is -3.92. The third-order valence-corrected chi connectivity index (χ3v) is 2.01. The zero-order valence-electron chi connectivity index (χ0n) is 5.81. The number of rotatable bonds is 2. The fourth-order valence-electron chi connectivity index (χ4n) is 0.643. The van der Waals surface area contributed by atoms with E-state index < -0.39 is 6.72 Å². The van der Waals surface area contributed by atoms with Gasteiger partial charge < -0.3 is 14.3 Å². The summed E-state index contributed by atoms with van der Waals surface area (Å²) in [6, 6.07) is 6.33. The molecule has 0 bridgehead atoms. The molecule has 0 aliphatic rings. The topological polar surface area (TPSA) is 52.5 Å². The van der Waals surface area contributed by atoms with Gasteiger partial charge in [-0.15, -0.1) is 0 Å². The number of halogens is 1. The van der Waals surface area contributed by atoms with Crippen LogP contribution in [-0.4, -0.2) is 4.89 Å². The van der Waals surface area contributed by atoms with Crippen LogP contribution in [0.1, 0.15) is 0 Å². The third kappa shape index (κ3) is 3.09. The van der Waals surface area contributed by atoms with E-state index in [0.717, 1.165) is 0 Å². The van der Waals surface area contributed by atoms with Crippen LogP contribution >= 0.6 is 18.3 Å². The van der Waals surface area contributed by atoms with Crippen molar-refractivity contribution in [3.63, 3.8) is 0 Å². The van der Waals surface area contributed by atoms with Gasteiger partial charge in [-0.3, -0.25) is 0 Å². The molecule has 66 valence electrons. The van der Waals surface area contributed by atoms with Gasteiger partial charge in [0.2, 0.25) is 0 Å². The Morgan fingerprint density at radius 1 is 1.50 bits per heavy atom. The monoisotopic (exact) mass is 223 g/mol. The minimum absolute atomic E-state index is 0.125. The van der Waals surface area contributed by atoms with Crippen LogP contribution in [-0.2, 0) is 11.8 Å². The molecule has 0 aliphatic heterocycles. The second-order valence-electron chi connectivity index (χ2n) is 1.99. The van der Waals surface area contributed by atoms with E-state index in [4.69, 9.17) is 16.5 Å². The number of hydrogen-bond donors (Lipinski definition) is 1. The highest BCUT2D eigenvalue weighted by molar-refractivity contribution is 8.06. The molecule has 6 heteroatoms. The van der Waals surface area contributed by atoms with Crippen molar-refractivity contribution in [3.05, 3.63) is 29.3 Å². The van der Waals surface area contributed by atoms with E-state index in [1.807, 2.05) is 0 Å². The van der Waals surface area contributed by atoms with Gasteiger partial charge in [0.15, 0.2) is 6.72 Å². The standard InChI is InChI=1S/C6H6ClO3PS/c7-5-3-1-2-4-6(5)10-11(8,9)12/h1-4H,(H2,8,9,12)/p-1. The number of para-hydroxylation sites is 1. The van der Waals surface area contributed by atoms with Gasteiger partial charge >= 0.3 is 0 Å². The van der Waals surface area contributed by atoms with Crippen LogP contribution in [0.5, 0.6) is 5.75 Å². The van der Waals surface area contributed by atoms with Crippen molar-refractivity contribution in [2.24, 2.45) is 0 Å². The highest BCUT2D eigenvalue weighted by atomic mass is 35.5. The lowest BCUT2D eigenvalue weighted by Gasteiger charge is -2.21. The zero-order chi connectivity index (χ0) is 9.19. The van der Waals surface area contributed by atoms with Gasteiger partial charge in [-0.05, 0) is 23.9 Å². The molecule has 0 amide bonds. The summed E-state index contributed by atoms with van der Waals surface area (Å²) >= 11 is 9.78. The van der Waals surface area contributed by atoms with Crippen LogP contribution in [0.15, 0.2) is 24.3 Å². The SMILES string of the molecule is [O-]P(O)(=S)Oc1ccccc1Cl. The molecular weight excluding hydrogens is 219 g/mol. The molecule has 3 nitrogen and oxygen atoms in total. The Balaban J connectivity index is 2.90. The first-order valence-corrected chi connectivity index (χ1v) is 5.94. The Morgan fingerprint density at radius 3 is 2.58 bits per heavy atom. The maximum absolute atomic E-state index is 10.6. The largest absolute Gasteiger partial charge is 0.770 e. The zero-order valence-corrected chi connectivity index (χ0v) is 8.27. The summed E-state index contributed by atoms with van der Waals surface area (Å²) in [5.41, 5.74) is 0. The normalized spacial score (nSPS) is 15.2. The molecular formula is C6H5ClO3PS-. The Hall–Kier alpha value is -0.120. The van der Waals surface area contributed by atoms with Crippen molar-refractivity contribution < 1.29 is 14.3 Å². The van der Waals surface area contributed by atoms with Crippen molar-refractivity contribution in [2.45, 2.75) is 0 Å². The van der Waals surface area contributed by atoms with Crippen LogP contribution in [0.4, 0.5) is 0 Å². The lowest BCUT2D eigenvalue weighted by atomic mass is 10.3. The molecule has 0 aliphatic carbocycles. The molecule has 1 N–H and O–H groups in total.